The molecular formula is C14H19N3OS. The van der Waals surface area contributed by atoms with Gasteiger partial charge in [-0.2, -0.15) is 0 Å². The number of nitrogens with one attached hydrogen (secondary N) is 1. The molecule has 2 aromatic heterocycles. The predicted octanol–water partition coefficient (Wildman–Crippen LogP) is 3.59. The molecule has 4 nitrogen and oxygen atoms in total. The molecule has 0 bridgehead atoms. The smallest absolute Gasteiger partial charge is 0.213 e. The van der Waals surface area contributed by atoms with E-state index in [1.807, 2.05) is 12.1 Å². The molecule has 0 saturated carbocycles. The summed E-state index contributed by atoms with van der Waals surface area (Å²) in [5.41, 5.74) is 2.10. The minimum Gasteiger partial charge on any atom is -0.481 e. The van der Waals surface area contributed by atoms with Crippen molar-refractivity contribution in [2.45, 2.75) is 33.2 Å². The maximum absolute atomic E-state index is 5.05. The number of nitrogens with zero attached hydrogens (tertiary/aromatic N) is 2. The molecule has 5 heteroatoms. The molecule has 2 aromatic rings. The van der Waals surface area contributed by atoms with Gasteiger partial charge in [0.25, 0.3) is 0 Å². The highest BCUT2D eigenvalue weighted by molar-refractivity contribution is 7.11. The van der Waals surface area contributed by atoms with E-state index in [0.717, 1.165) is 17.8 Å². The minimum atomic E-state index is 0.230. The molecule has 2 rings (SSSR count). The van der Waals surface area contributed by atoms with E-state index in [1.54, 1.807) is 24.6 Å². The number of anilines is 1. The minimum absolute atomic E-state index is 0.230. The molecule has 0 aliphatic heterocycles. The molecular weight excluding hydrogens is 258 g/mol. The van der Waals surface area contributed by atoms with Crippen LogP contribution in [-0.4, -0.2) is 17.1 Å². The second-order valence-corrected chi connectivity index (χ2v) is 5.48. The Morgan fingerprint density at radius 2 is 2.21 bits per heavy atom. The molecule has 19 heavy (non-hydrogen) atoms. The molecule has 0 spiro atoms. The summed E-state index contributed by atoms with van der Waals surface area (Å²) in [7, 11) is 1.62. The zero-order valence-electron chi connectivity index (χ0n) is 11.7. The SMILES string of the molecule is CCc1nc(C)c([C@@H](C)Nc2ccc(OC)nc2)s1. The third kappa shape index (κ3) is 3.23. The maximum Gasteiger partial charge on any atom is 0.213 e. The molecule has 0 aliphatic carbocycles. The van der Waals surface area contributed by atoms with Crippen LogP contribution in [0.25, 0.3) is 0 Å². The maximum atomic E-state index is 5.05. The first-order valence-electron chi connectivity index (χ1n) is 6.36. The van der Waals surface area contributed by atoms with Crippen molar-refractivity contribution in [1.82, 2.24) is 9.97 Å². The molecule has 0 fully saturated rings. The summed E-state index contributed by atoms with van der Waals surface area (Å²) >= 11 is 1.78. The van der Waals surface area contributed by atoms with Crippen molar-refractivity contribution in [3.8, 4) is 5.88 Å². The van der Waals surface area contributed by atoms with Crippen LogP contribution in [0, 0.1) is 6.92 Å². The van der Waals surface area contributed by atoms with Gasteiger partial charge in [-0.3, -0.25) is 0 Å². The summed E-state index contributed by atoms with van der Waals surface area (Å²) in [5.74, 6) is 0.625. The lowest BCUT2D eigenvalue weighted by Crippen LogP contribution is -2.06. The van der Waals surface area contributed by atoms with Gasteiger partial charge in [0.05, 0.1) is 35.7 Å². The second-order valence-electron chi connectivity index (χ2n) is 4.37. The summed E-state index contributed by atoms with van der Waals surface area (Å²) in [5, 5.41) is 4.63. The highest BCUT2D eigenvalue weighted by Crippen LogP contribution is 2.28. The molecule has 0 unspecified atom stereocenters. The van der Waals surface area contributed by atoms with Crippen LogP contribution < -0.4 is 10.1 Å². The second kappa shape index (κ2) is 6.02. The van der Waals surface area contributed by atoms with Gasteiger partial charge >= 0.3 is 0 Å². The number of ether oxygens (including phenoxy) is 1. The predicted molar refractivity (Wildman–Crippen MR) is 79.1 cm³/mol. The third-order valence-corrected chi connectivity index (χ3v) is 4.39. The Labute approximate surface area is 117 Å². The molecule has 102 valence electrons. The van der Waals surface area contributed by atoms with Gasteiger partial charge in [-0.15, -0.1) is 11.3 Å². The zero-order chi connectivity index (χ0) is 13.8. The van der Waals surface area contributed by atoms with Gasteiger partial charge in [-0.25, -0.2) is 9.97 Å². The van der Waals surface area contributed by atoms with Crippen molar-refractivity contribution in [3.05, 3.63) is 33.9 Å². The number of hydrogen-bond acceptors (Lipinski definition) is 5. The number of rotatable bonds is 5. The Balaban J connectivity index is 2.10. The van der Waals surface area contributed by atoms with Crippen molar-refractivity contribution in [2.24, 2.45) is 0 Å². The highest BCUT2D eigenvalue weighted by Gasteiger charge is 2.13. The number of methoxy groups -OCH3 is 1. The number of aromatic nitrogens is 2. The van der Waals surface area contributed by atoms with Crippen molar-refractivity contribution in [1.29, 1.82) is 0 Å². The van der Waals surface area contributed by atoms with Crippen molar-refractivity contribution in [2.75, 3.05) is 12.4 Å². The van der Waals surface area contributed by atoms with E-state index in [0.29, 0.717) is 5.88 Å². The van der Waals surface area contributed by atoms with Crippen molar-refractivity contribution < 1.29 is 4.74 Å². The molecule has 0 radical (unpaired) electrons. The topological polar surface area (TPSA) is 47.0 Å². The van der Waals surface area contributed by atoms with E-state index in [2.05, 4.69) is 36.1 Å². The molecule has 0 amide bonds. The summed E-state index contributed by atoms with van der Waals surface area (Å²) < 4.78 is 5.05. The Morgan fingerprint density at radius 3 is 2.74 bits per heavy atom. The number of pyridine rings is 1. The van der Waals surface area contributed by atoms with Gasteiger partial charge in [-0.1, -0.05) is 6.92 Å². The fraction of sp³-hybridized carbons (Fsp3) is 0.429. The van der Waals surface area contributed by atoms with E-state index >= 15 is 0 Å². The number of hydrogen-bond donors (Lipinski definition) is 1. The first-order chi connectivity index (χ1) is 9.13. The monoisotopic (exact) mass is 277 g/mol. The van der Waals surface area contributed by atoms with Gasteiger partial charge in [0.15, 0.2) is 0 Å². The summed E-state index contributed by atoms with van der Waals surface area (Å²) in [6, 6.07) is 4.05. The van der Waals surface area contributed by atoms with Crippen LogP contribution >= 0.6 is 11.3 Å². The largest absolute Gasteiger partial charge is 0.481 e. The standard InChI is InChI=1S/C14H19N3OS/c1-5-13-17-10(3)14(19-13)9(2)16-11-6-7-12(18-4)15-8-11/h6-9,16H,5H2,1-4H3/t9-/m1/s1. The van der Waals surface area contributed by atoms with Gasteiger partial charge in [0.1, 0.15) is 0 Å². The van der Waals surface area contributed by atoms with Crippen LogP contribution in [0.3, 0.4) is 0 Å². The van der Waals surface area contributed by atoms with Crippen LogP contribution in [-0.2, 0) is 6.42 Å². The van der Waals surface area contributed by atoms with Gasteiger partial charge in [0.2, 0.25) is 5.88 Å². The molecule has 0 aromatic carbocycles. The summed E-state index contributed by atoms with van der Waals surface area (Å²) in [6.07, 6.45) is 2.77. The average molecular weight is 277 g/mol. The first-order valence-corrected chi connectivity index (χ1v) is 7.18. The van der Waals surface area contributed by atoms with Gasteiger partial charge in [-0.05, 0) is 26.3 Å². The molecule has 1 N–H and O–H groups in total. The highest BCUT2D eigenvalue weighted by atomic mass is 32.1. The Hall–Kier alpha value is -1.62. The lowest BCUT2D eigenvalue weighted by Gasteiger charge is -2.14. The zero-order valence-corrected chi connectivity index (χ0v) is 12.5. The summed E-state index contributed by atoms with van der Waals surface area (Å²) in [6.45, 7) is 6.34. The first kappa shape index (κ1) is 13.8. The quantitative estimate of drug-likeness (QED) is 0.907. The molecule has 0 saturated heterocycles. The fourth-order valence-electron chi connectivity index (χ4n) is 1.92. The van der Waals surface area contributed by atoms with Gasteiger partial charge < -0.3 is 10.1 Å². The Morgan fingerprint density at radius 1 is 1.42 bits per heavy atom. The van der Waals surface area contributed by atoms with Crippen molar-refractivity contribution in [3.63, 3.8) is 0 Å². The van der Waals surface area contributed by atoms with Crippen LogP contribution in [0.5, 0.6) is 5.88 Å². The number of aryl methyl sites for hydroxylation is 2. The van der Waals surface area contributed by atoms with Crippen LogP contribution in [0.15, 0.2) is 18.3 Å². The van der Waals surface area contributed by atoms with Crippen LogP contribution in [0.2, 0.25) is 0 Å². The van der Waals surface area contributed by atoms with E-state index in [4.69, 9.17) is 4.74 Å². The van der Waals surface area contributed by atoms with E-state index < -0.39 is 0 Å². The summed E-state index contributed by atoms with van der Waals surface area (Å²) in [4.78, 5) is 10.0. The molecule has 0 aliphatic rings. The van der Waals surface area contributed by atoms with Crippen molar-refractivity contribution >= 4 is 17.0 Å². The van der Waals surface area contributed by atoms with E-state index in [1.165, 1.54) is 9.88 Å². The Bertz CT molecular complexity index is 536. The van der Waals surface area contributed by atoms with Crippen LogP contribution in [0.1, 0.15) is 35.5 Å². The molecule has 2 heterocycles. The van der Waals surface area contributed by atoms with E-state index in [9.17, 15) is 0 Å². The number of thiazole rings is 1. The molecule has 1 atom stereocenters. The van der Waals surface area contributed by atoms with E-state index in [-0.39, 0.29) is 6.04 Å². The fourth-order valence-corrected chi connectivity index (χ4v) is 2.93. The average Bonchev–Trinajstić information content (AvgIpc) is 2.81. The van der Waals surface area contributed by atoms with Crippen LogP contribution in [0.4, 0.5) is 5.69 Å². The lowest BCUT2D eigenvalue weighted by atomic mass is 10.2. The lowest BCUT2D eigenvalue weighted by molar-refractivity contribution is 0.398. The van der Waals surface area contributed by atoms with Gasteiger partial charge in [0, 0.05) is 10.9 Å². The Kier molecular flexibility index (Phi) is 4.37. The third-order valence-electron chi connectivity index (χ3n) is 2.90. The normalized spacial score (nSPS) is 12.2.